The van der Waals surface area contributed by atoms with Crippen molar-refractivity contribution in [3.8, 4) is 5.75 Å². The van der Waals surface area contributed by atoms with Gasteiger partial charge in [0.1, 0.15) is 16.5 Å². The van der Waals surface area contributed by atoms with Crippen LogP contribution >= 0.6 is 11.3 Å². The topological polar surface area (TPSA) is 98.5 Å². The zero-order valence-electron chi connectivity index (χ0n) is 12.9. The van der Waals surface area contributed by atoms with Crippen LogP contribution in [0.2, 0.25) is 0 Å². The fourth-order valence-electron chi connectivity index (χ4n) is 2.31. The average molecular weight is 380 g/mol. The van der Waals surface area contributed by atoms with Crippen LogP contribution in [-0.4, -0.2) is 21.4 Å². The molecule has 0 aliphatic rings. The molecule has 0 bridgehead atoms. The predicted molar refractivity (Wildman–Crippen MR) is 94.1 cm³/mol. The number of thiophene rings is 1. The molecule has 3 N–H and O–H groups in total. The third kappa shape index (κ3) is 3.48. The van der Waals surface area contributed by atoms with Gasteiger partial charge in [0, 0.05) is 15.8 Å². The van der Waals surface area contributed by atoms with Crippen molar-refractivity contribution in [3.63, 3.8) is 0 Å². The van der Waals surface area contributed by atoms with E-state index in [9.17, 15) is 17.6 Å². The number of nitrogens with one attached hydrogen (secondary N) is 1. The second-order valence-corrected chi connectivity index (χ2v) is 7.74. The number of rotatable bonds is 4. The highest BCUT2D eigenvalue weighted by Crippen LogP contribution is 2.29. The molecule has 6 nitrogen and oxygen atoms in total. The molecule has 25 heavy (non-hydrogen) atoms. The molecule has 130 valence electrons. The summed E-state index contributed by atoms with van der Waals surface area (Å²) < 4.78 is 42.6. The Kier molecular flexibility index (Phi) is 4.46. The van der Waals surface area contributed by atoms with Gasteiger partial charge in [0.05, 0.1) is 12.0 Å². The third-order valence-corrected chi connectivity index (χ3v) is 5.49. The number of methoxy groups -OCH3 is 1. The first-order valence-electron chi connectivity index (χ1n) is 7.00. The van der Waals surface area contributed by atoms with Gasteiger partial charge < -0.3 is 10.1 Å². The third-order valence-electron chi connectivity index (χ3n) is 3.46. The summed E-state index contributed by atoms with van der Waals surface area (Å²) in [6, 6.07) is 10.1. The van der Waals surface area contributed by atoms with Crippen LogP contribution in [0.1, 0.15) is 9.67 Å². The largest absolute Gasteiger partial charge is 0.495 e. The smallest absolute Gasteiger partial charge is 0.265 e. The lowest BCUT2D eigenvalue weighted by Crippen LogP contribution is -2.15. The SMILES string of the molecule is COc1ccc(NC(=O)c2cc3c(F)cccc3s2)cc1S(N)(=O)=O. The lowest BCUT2D eigenvalue weighted by Gasteiger charge is -2.09. The van der Waals surface area contributed by atoms with Crippen LogP contribution in [0.3, 0.4) is 0 Å². The van der Waals surface area contributed by atoms with Crippen LogP contribution in [-0.2, 0) is 10.0 Å². The first kappa shape index (κ1) is 17.3. The molecular formula is C16H13FN2O4S2. The molecule has 1 heterocycles. The molecule has 0 radical (unpaired) electrons. The Bertz CT molecular complexity index is 1080. The van der Waals surface area contributed by atoms with Crippen LogP contribution in [0, 0.1) is 5.82 Å². The molecule has 9 heteroatoms. The van der Waals surface area contributed by atoms with Gasteiger partial charge >= 0.3 is 0 Å². The van der Waals surface area contributed by atoms with Crippen molar-refractivity contribution >= 4 is 43.0 Å². The summed E-state index contributed by atoms with van der Waals surface area (Å²) in [6.45, 7) is 0. The summed E-state index contributed by atoms with van der Waals surface area (Å²) in [5, 5.41) is 8.09. The van der Waals surface area contributed by atoms with E-state index in [1.165, 1.54) is 37.4 Å². The molecule has 0 saturated carbocycles. The Morgan fingerprint density at radius 2 is 2.00 bits per heavy atom. The summed E-state index contributed by atoms with van der Waals surface area (Å²) in [6.07, 6.45) is 0. The molecule has 0 aliphatic heterocycles. The van der Waals surface area contributed by atoms with E-state index in [1.807, 2.05) is 0 Å². The minimum Gasteiger partial charge on any atom is -0.495 e. The number of halogens is 1. The molecule has 0 saturated heterocycles. The van der Waals surface area contributed by atoms with Crippen molar-refractivity contribution < 1.29 is 22.3 Å². The highest BCUT2D eigenvalue weighted by atomic mass is 32.2. The normalized spacial score (nSPS) is 11.5. The van der Waals surface area contributed by atoms with Gasteiger partial charge in [-0.1, -0.05) is 6.07 Å². The Morgan fingerprint density at radius 1 is 1.24 bits per heavy atom. The molecular weight excluding hydrogens is 367 g/mol. The van der Waals surface area contributed by atoms with Gasteiger partial charge in [-0.25, -0.2) is 17.9 Å². The zero-order valence-corrected chi connectivity index (χ0v) is 14.6. The quantitative estimate of drug-likeness (QED) is 0.727. The number of benzene rings is 2. The van der Waals surface area contributed by atoms with Gasteiger partial charge in [-0.2, -0.15) is 0 Å². The fraction of sp³-hybridized carbons (Fsp3) is 0.0625. The Balaban J connectivity index is 1.93. The second kappa shape index (κ2) is 6.43. The van der Waals surface area contributed by atoms with Crippen molar-refractivity contribution in [1.82, 2.24) is 0 Å². The minimum absolute atomic E-state index is 0.0735. The van der Waals surface area contributed by atoms with E-state index >= 15 is 0 Å². The molecule has 0 spiro atoms. The Morgan fingerprint density at radius 3 is 2.64 bits per heavy atom. The highest BCUT2D eigenvalue weighted by molar-refractivity contribution is 7.89. The van der Waals surface area contributed by atoms with Crippen molar-refractivity contribution in [2.24, 2.45) is 5.14 Å². The summed E-state index contributed by atoms with van der Waals surface area (Å²) in [7, 11) is -2.70. The van der Waals surface area contributed by atoms with E-state index in [-0.39, 0.29) is 16.3 Å². The molecule has 1 amide bonds. The number of hydrogen-bond acceptors (Lipinski definition) is 5. The molecule has 0 aliphatic carbocycles. The van der Waals surface area contributed by atoms with Crippen molar-refractivity contribution in [1.29, 1.82) is 0 Å². The fourth-order valence-corrected chi connectivity index (χ4v) is 4.00. The summed E-state index contributed by atoms with van der Waals surface area (Å²) in [5.41, 5.74) is 0.229. The lowest BCUT2D eigenvalue weighted by molar-refractivity contribution is 0.103. The van der Waals surface area contributed by atoms with Crippen LogP contribution in [0.25, 0.3) is 10.1 Å². The minimum atomic E-state index is -4.02. The van der Waals surface area contributed by atoms with E-state index in [4.69, 9.17) is 9.88 Å². The summed E-state index contributed by atoms with van der Waals surface area (Å²) >= 11 is 1.14. The molecule has 1 aromatic heterocycles. The number of fused-ring (bicyclic) bond motifs is 1. The van der Waals surface area contributed by atoms with Crippen molar-refractivity contribution in [2.45, 2.75) is 4.90 Å². The number of anilines is 1. The maximum Gasteiger partial charge on any atom is 0.265 e. The van der Waals surface area contributed by atoms with Crippen molar-refractivity contribution in [3.05, 3.63) is 53.2 Å². The first-order chi connectivity index (χ1) is 11.8. The van der Waals surface area contributed by atoms with E-state index in [0.717, 1.165) is 11.3 Å². The number of hydrogen-bond donors (Lipinski definition) is 2. The molecule has 3 aromatic rings. The molecule has 0 atom stereocenters. The monoisotopic (exact) mass is 380 g/mol. The Hall–Kier alpha value is -2.49. The summed E-state index contributed by atoms with van der Waals surface area (Å²) in [4.78, 5) is 12.4. The van der Waals surface area contributed by atoms with E-state index < -0.39 is 21.7 Å². The maximum atomic E-state index is 13.7. The van der Waals surface area contributed by atoms with Gasteiger partial charge in [-0.05, 0) is 36.4 Å². The number of ether oxygens (including phenoxy) is 1. The number of nitrogens with two attached hydrogens (primary N) is 1. The molecule has 0 unspecified atom stereocenters. The number of sulfonamides is 1. The second-order valence-electron chi connectivity index (χ2n) is 5.13. The van der Waals surface area contributed by atoms with Crippen LogP contribution in [0.4, 0.5) is 10.1 Å². The maximum absolute atomic E-state index is 13.7. The van der Waals surface area contributed by atoms with Gasteiger partial charge in [0.25, 0.3) is 5.91 Å². The first-order valence-corrected chi connectivity index (χ1v) is 9.36. The molecule has 3 rings (SSSR count). The summed E-state index contributed by atoms with van der Waals surface area (Å²) in [5.74, 6) is -0.815. The molecule has 2 aromatic carbocycles. The average Bonchev–Trinajstić information content (AvgIpc) is 3.00. The molecule has 0 fully saturated rings. The Labute approximate surface area is 147 Å². The van der Waals surface area contributed by atoms with Crippen LogP contribution < -0.4 is 15.2 Å². The van der Waals surface area contributed by atoms with E-state index in [0.29, 0.717) is 15.0 Å². The van der Waals surface area contributed by atoms with Gasteiger partial charge in [0.2, 0.25) is 10.0 Å². The highest BCUT2D eigenvalue weighted by Gasteiger charge is 2.18. The zero-order chi connectivity index (χ0) is 18.2. The van der Waals surface area contributed by atoms with E-state index in [1.54, 1.807) is 12.1 Å². The standard InChI is InChI=1S/C16H13FN2O4S2/c1-23-12-6-5-9(7-15(12)25(18,21)22)19-16(20)14-8-10-11(17)3-2-4-13(10)24-14/h2-8H,1H3,(H,19,20)(H2,18,21,22). The van der Waals surface area contributed by atoms with Crippen LogP contribution in [0.15, 0.2) is 47.4 Å². The number of amides is 1. The van der Waals surface area contributed by atoms with Gasteiger partial charge in [0.15, 0.2) is 0 Å². The predicted octanol–water partition coefficient (Wildman–Crippen LogP) is 2.95. The van der Waals surface area contributed by atoms with Crippen molar-refractivity contribution in [2.75, 3.05) is 12.4 Å². The van der Waals surface area contributed by atoms with Crippen LogP contribution in [0.5, 0.6) is 5.75 Å². The number of carbonyl (C=O) groups is 1. The number of carbonyl (C=O) groups excluding carboxylic acids is 1. The number of primary sulfonamides is 1. The van der Waals surface area contributed by atoms with Gasteiger partial charge in [-0.15, -0.1) is 11.3 Å². The van der Waals surface area contributed by atoms with Gasteiger partial charge in [-0.3, -0.25) is 4.79 Å². The lowest BCUT2D eigenvalue weighted by atomic mass is 10.2. The van der Waals surface area contributed by atoms with E-state index in [2.05, 4.69) is 5.32 Å².